The van der Waals surface area contributed by atoms with Gasteiger partial charge in [0.2, 0.25) is 0 Å². The van der Waals surface area contributed by atoms with Crippen molar-refractivity contribution in [1.29, 1.82) is 0 Å². The molecule has 0 aliphatic heterocycles. The lowest BCUT2D eigenvalue weighted by Gasteiger charge is -2.09. The third-order valence-electron chi connectivity index (χ3n) is 2.68. The summed E-state index contributed by atoms with van der Waals surface area (Å²) in [5.74, 6) is 0.507. The molecular formula is C8H14O2. The van der Waals surface area contributed by atoms with E-state index in [1.54, 1.807) is 0 Å². The number of ether oxygens (including phenoxy) is 1. The Bertz CT molecular complexity index is 149. The first kappa shape index (κ1) is 7.58. The van der Waals surface area contributed by atoms with Gasteiger partial charge in [-0.3, -0.25) is 4.79 Å². The molecule has 10 heavy (non-hydrogen) atoms. The summed E-state index contributed by atoms with van der Waals surface area (Å²) in [6, 6.07) is 0. The number of carbonyl (C=O) groups is 1. The van der Waals surface area contributed by atoms with Gasteiger partial charge < -0.3 is 4.74 Å². The van der Waals surface area contributed by atoms with E-state index in [1.165, 1.54) is 7.11 Å². The molecule has 2 heteroatoms. The van der Waals surface area contributed by atoms with E-state index < -0.39 is 0 Å². The van der Waals surface area contributed by atoms with Crippen LogP contribution in [0.15, 0.2) is 0 Å². The van der Waals surface area contributed by atoms with E-state index in [0.717, 1.165) is 12.8 Å². The van der Waals surface area contributed by atoms with Crippen molar-refractivity contribution in [1.82, 2.24) is 0 Å². The smallest absolute Gasteiger partial charge is 0.312 e. The topological polar surface area (TPSA) is 26.3 Å². The van der Waals surface area contributed by atoms with Gasteiger partial charge in [0, 0.05) is 0 Å². The minimum atomic E-state index is -0.102. The van der Waals surface area contributed by atoms with Crippen LogP contribution >= 0.6 is 0 Å². The van der Waals surface area contributed by atoms with Crippen molar-refractivity contribution in [2.75, 3.05) is 7.11 Å². The van der Waals surface area contributed by atoms with Gasteiger partial charge in [-0.25, -0.2) is 0 Å². The van der Waals surface area contributed by atoms with Crippen molar-refractivity contribution in [2.24, 2.45) is 11.3 Å². The molecule has 0 amide bonds. The highest BCUT2D eigenvalue weighted by Crippen LogP contribution is 2.55. The largest absolute Gasteiger partial charge is 0.469 e. The van der Waals surface area contributed by atoms with Crippen LogP contribution in [-0.4, -0.2) is 13.1 Å². The van der Waals surface area contributed by atoms with Crippen LogP contribution in [0.3, 0.4) is 0 Å². The lowest BCUT2D eigenvalue weighted by atomic mass is 10.0. The number of rotatable bonds is 2. The fourth-order valence-electron chi connectivity index (χ4n) is 1.61. The number of esters is 1. The van der Waals surface area contributed by atoms with Gasteiger partial charge in [-0.1, -0.05) is 13.8 Å². The second-order valence-electron chi connectivity index (χ2n) is 3.11. The molecule has 0 N–H and O–H groups in total. The molecule has 0 heterocycles. The van der Waals surface area contributed by atoms with Gasteiger partial charge in [0.05, 0.1) is 12.5 Å². The molecule has 2 unspecified atom stereocenters. The number of carbonyl (C=O) groups excluding carboxylic acids is 1. The Balaban J connectivity index is 2.60. The Hall–Kier alpha value is -0.530. The molecule has 1 aliphatic carbocycles. The van der Waals surface area contributed by atoms with E-state index >= 15 is 0 Å². The highest BCUT2D eigenvalue weighted by molar-refractivity contribution is 5.80. The molecular weight excluding hydrogens is 128 g/mol. The molecule has 1 saturated carbocycles. The Morgan fingerprint density at radius 1 is 1.80 bits per heavy atom. The summed E-state index contributed by atoms with van der Waals surface area (Å²) in [7, 11) is 1.46. The lowest BCUT2D eigenvalue weighted by Crippen LogP contribution is -2.18. The van der Waals surface area contributed by atoms with Gasteiger partial charge in [0.25, 0.3) is 0 Å². The van der Waals surface area contributed by atoms with Crippen LogP contribution < -0.4 is 0 Å². The van der Waals surface area contributed by atoms with Crippen molar-refractivity contribution >= 4 is 5.97 Å². The molecule has 0 bridgehead atoms. The Labute approximate surface area is 61.6 Å². The van der Waals surface area contributed by atoms with Crippen molar-refractivity contribution < 1.29 is 9.53 Å². The zero-order chi connectivity index (χ0) is 7.78. The quantitative estimate of drug-likeness (QED) is 0.547. The van der Waals surface area contributed by atoms with Crippen LogP contribution in [0.25, 0.3) is 0 Å². The van der Waals surface area contributed by atoms with Gasteiger partial charge >= 0.3 is 5.97 Å². The van der Waals surface area contributed by atoms with Gasteiger partial charge in [0.1, 0.15) is 0 Å². The number of hydrogen-bond acceptors (Lipinski definition) is 2. The van der Waals surface area contributed by atoms with E-state index in [9.17, 15) is 4.79 Å². The fourth-order valence-corrected chi connectivity index (χ4v) is 1.61. The first-order chi connectivity index (χ1) is 4.67. The van der Waals surface area contributed by atoms with Gasteiger partial charge in [-0.2, -0.15) is 0 Å². The second kappa shape index (κ2) is 2.26. The summed E-state index contributed by atoms with van der Waals surface area (Å²) in [5, 5.41) is 0. The van der Waals surface area contributed by atoms with E-state index in [2.05, 4.69) is 6.92 Å². The molecule has 0 aromatic carbocycles. The molecule has 0 saturated heterocycles. The molecule has 0 aromatic rings. The second-order valence-corrected chi connectivity index (χ2v) is 3.11. The number of hydrogen-bond donors (Lipinski definition) is 0. The van der Waals surface area contributed by atoms with E-state index in [4.69, 9.17) is 4.74 Å². The summed E-state index contributed by atoms with van der Waals surface area (Å²) in [5.41, 5.74) is -0.102. The molecule has 2 nitrogen and oxygen atoms in total. The maximum Gasteiger partial charge on any atom is 0.312 e. The molecule has 0 spiro atoms. The van der Waals surface area contributed by atoms with Crippen molar-refractivity contribution in [3.63, 3.8) is 0 Å². The predicted molar refractivity (Wildman–Crippen MR) is 38.5 cm³/mol. The highest BCUT2D eigenvalue weighted by atomic mass is 16.5. The molecule has 1 aliphatic rings. The SMILES string of the molecule is CCC1(C(=O)OC)CC1C. The van der Waals surface area contributed by atoms with Gasteiger partial charge in [-0.15, -0.1) is 0 Å². The Kier molecular flexibility index (Phi) is 1.71. The van der Waals surface area contributed by atoms with Crippen LogP contribution in [0.5, 0.6) is 0 Å². The fraction of sp³-hybridized carbons (Fsp3) is 0.875. The summed E-state index contributed by atoms with van der Waals surface area (Å²) in [6.07, 6.45) is 1.93. The lowest BCUT2D eigenvalue weighted by molar-refractivity contribution is -0.147. The minimum Gasteiger partial charge on any atom is -0.469 e. The number of methoxy groups -OCH3 is 1. The third-order valence-corrected chi connectivity index (χ3v) is 2.68. The maximum atomic E-state index is 11.1. The van der Waals surface area contributed by atoms with Gasteiger partial charge in [0.15, 0.2) is 0 Å². The predicted octanol–water partition coefficient (Wildman–Crippen LogP) is 1.60. The normalized spacial score (nSPS) is 37.3. The van der Waals surface area contributed by atoms with Crippen LogP contribution in [0, 0.1) is 11.3 Å². The van der Waals surface area contributed by atoms with E-state index in [1.807, 2.05) is 6.92 Å². The minimum absolute atomic E-state index is 0.0255. The average molecular weight is 142 g/mol. The van der Waals surface area contributed by atoms with Crippen molar-refractivity contribution in [2.45, 2.75) is 26.7 Å². The van der Waals surface area contributed by atoms with E-state index in [-0.39, 0.29) is 11.4 Å². The highest BCUT2D eigenvalue weighted by Gasteiger charge is 2.56. The van der Waals surface area contributed by atoms with Crippen LogP contribution in [0.4, 0.5) is 0 Å². The van der Waals surface area contributed by atoms with Crippen molar-refractivity contribution in [3.8, 4) is 0 Å². The Morgan fingerprint density at radius 2 is 2.30 bits per heavy atom. The molecule has 0 aromatic heterocycles. The molecule has 2 atom stereocenters. The van der Waals surface area contributed by atoms with Crippen LogP contribution in [0.2, 0.25) is 0 Å². The Morgan fingerprint density at radius 3 is 2.40 bits per heavy atom. The zero-order valence-electron chi connectivity index (χ0n) is 6.81. The zero-order valence-corrected chi connectivity index (χ0v) is 6.81. The van der Waals surface area contributed by atoms with Crippen LogP contribution in [-0.2, 0) is 9.53 Å². The van der Waals surface area contributed by atoms with Crippen molar-refractivity contribution in [3.05, 3.63) is 0 Å². The summed E-state index contributed by atoms with van der Waals surface area (Å²) >= 11 is 0. The summed E-state index contributed by atoms with van der Waals surface area (Å²) < 4.78 is 4.70. The first-order valence-electron chi connectivity index (χ1n) is 3.75. The third kappa shape index (κ3) is 0.825. The van der Waals surface area contributed by atoms with Crippen LogP contribution in [0.1, 0.15) is 26.7 Å². The average Bonchev–Trinajstić information content (AvgIpc) is 2.61. The standard InChI is InChI=1S/C8H14O2/c1-4-8(5-6(8)2)7(9)10-3/h6H,4-5H2,1-3H3. The molecule has 0 radical (unpaired) electrons. The summed E-state index contributed by atoms with van der Waals surface area (Å²) in [4.78, 5) is 11.1. The molecule has 58 valence electrons. The van der Waals surface area contributed by atoms with Gasteiger partial charge in [-0.05, 0) is 18.8 Å². The first-order valence-corrected chi connectivity index (χ1v) is 3.75. The van der Waals surface area contributed by atoms with E-state index in [0.29, 0.717) is 5.92 Å². The molecule has 1 fully saturated rings. The molecule has 1 rings (SSSR count). The maximum absolute atomic E-state index is 11.1. The monoisotopic (exact) mass is 142 g/mol. The summed E-state index contributed by atoms with van der Waals surface area (Å²) in [6.45, 7) is 4.14.